The molecule has 116 valence electrons. The van der Waals surface area contributed by atoms with Crippen LogP contribution in [0.1, 0.15) is 37.8 Å². The first kappa shape index (κ1) is 15.3. The van der Waals surface area contributed by atoms with Gasteiger partial charge in [0, 0.05) is 18.4 Å². The van der Waals surface area contributed by atoms with Crippen LogP contribution in [0.25, 0.3) is 0 Å². The molecule has 2 saturated heterocycles. The van der Waals surface area contributed by atoms with E-state index in [1.54, 1.807) is 12.1 Å². The lowest BCUT2D eigenvalue weighted by Gasteiger charge is -2.41. The van der Waals surface area contributed by atoms with Crippen LogP contribution in [-0.2, 0) is 4.74 Å². The molecule has 3 rings (SSSR count). The van der Waals surface area contributed by atoms with Crippen molar-refractivity contribution in [3.63, 3.8) is 0 Å². The summed E-state index contributed by atoms with van der Waals surface area (Å²) in [4.78, 5) is 0. The molecule has 1 N–H and O–H groups in total. The van der Waals surface area contributed by atoms with E-state index < -0.39 is 0 Å². The van der Waals surface area contributed by atoms with Crippen LogP contribution in [0.15, 0.2) is 24.3 Å². The van der Waals surface area contributed by atoms with Gasteiger partial charge in [-0.3, -0.25) is 0 Å². The third kappa shape index (κ3) is 3.43. The second kappa shape index (κ2) is 6.67. The first-order valence-corrected chi connectivity index (χ1v) is 9.08. The van der Waals surface area contributed by atoms with Gasteiger partial charge in [0.1, 0.15) is 5.82 Å². The minimum absolute atomic E-state index is 0.0985. The zero-order chi connectivity index (χ0) is 14.7. The van der Waals surface area contributed by atoms with Crippen LogP contribution in [0.3, 0.4) is 0 Å². The number of rotatable bonds is 4. The molecular formula is C17H24FNOS. The van der Waals surface area contributed by atoms with E-state index in [4.69, 9.17) is 4.74 Å². The largest absolute Gasteiger partial charge is 0.374 e. The van der Waals surface area contributed by atoms with Gasteiger partial charge in [-0.2, -0.15) is 11.8 Å². The summed E-state index contributed by atoms with van der Waals surface area (Å²) in [5, 5.41) is 3.61. The van der Waals surface area contributed by atoms with Crippen LogP contribution >= 0.6 is 11.8 Å². The van der Waals surface area contributed by atoms with Crippen LogP contribution in [0.4, 0.5) is 4.39 Å². The van der Waals surface area contributed by atoms with Crippen molar-refractivity contribution in [3.05, 3.63) is 35.6 Å². The molecule has 0 aromatic heterocycles. The third-order valence-electron chi connectivity index (χ3n) is 4.72. The second-order valence-electron chi connectivity index (χ2n) is 6.17. The number of halogens is 1. The Bertz CT molecular complexity index is 458. The topological polar surface area (TPSA) is 21.3 Å². The van der Waals surface area contributed by atoms with Crippen molar-refractivity contribution in [2.24, 2.45) is 5.92 Å². The molecule has 2 fully saturated rings. The van der Waals surface area contributed by atoms with E-state index in [1.165, 1.54) is 17.7 Å². The van der Waals surface area contributed by atoms with Gasteiger partial charge >= 0.3 is 0 Å². The van der Waals surface area contributed by atoms with Crippen LogP contribution in [0.2, 0.25) is 0 Å². The molecule has 2 heterocycles. The van der Waals surface area contributed by atoms with Gasteiger partial charge in [-0.25, -0.2) is 4.39 Å². The molecule has 1 aromatic carbocycles. The predicted octanol–water partition coefficient (Wildman–Crippen LogP) is 3.78. The smallest absolute Gasteiger partial charge is 0.123 e. The quantitative estimate of drug-likeness (QED) is 0.914. The fourth-order valence-corrected chi connectivity index (χ4v) is 5.04. The highest BCUT2D eigenvalue weighted by atomic mass is 32.2. The Balaban J connectivity index is 1.78. The van der Waals surface area contributed by atoms with Crippen molar-refractivity contribution in [2.45, 2.75) is 37.8 Å². The number of nitrogens with one attached hydrogen (secondary N) is 1. The van der Waals surface area contributed by atoms with E-state index >= 15 is 0 Å². The van der Waals surface area contributed by atoms with E-state index in [-0.39, 0.29) is 11.4 Å². The maximum absolute atomic E-state index is 13.2. The van der Waals surface area contributed by atoms with Crippen LogP contribution < -0.4 is 5.32 Å². The Morgan fingerprint density at radius 2 is 2.24 bits per heavy atom. The van der Waals surface area contributed by atoms with Gasteiger partial charge in [0.25, 0.3) is 0 Å². The molecule has 21 heavy (non-hydrogen) atoms. The van der Waals surface area contributed by atoms with E-state index in [0.717, 1.165) is 31.7 Å². The predicted molar refractivity (Wildman–Crippen MR) is 86.2 cm³/mol. The highest BCUT2D eigenvalue weighted by Crippen LogP contribution is 2.44. The van der Waals surface area contributed by atoms with Gasteiger partial charge in [-0.15, -0.1) is 0 Å². The summed E-state index contributed by atoms with van der Waals surface area (Å²) in [6, 6.07) is 7.30. The van der Waals surface area contributed by atoms with Gasteiger partial charge in [0.15, 0.2) is 0 Å². The highest BCUT2D eigenvalue weighted by Gasteiger charge is 2.42. The molecule has 3 atom stereocenters. The molecule has 0 bridgehead atoms. The molecular weight excluding hydrogens is 285 g/mol. The SMILES string of the molecule is CCNC(c1ccc(F)cc1)C1CCOC2(CCSC2)C1. The lowest BCUT2D eigenvalue weighted by molar-refractivity contribution is -0.0853. The lowest BCUT2D eigenvalue weighted by Crippen LogP contribution is -2.43. The van der Waals surface area contributed by atoms with E-state index in [9.17, 15) is 4.39 Å². The second-order valence-corrected chi connectivity index (χ2v) is 7.28. The van der Waals surface area contributed by atoms with Crippen LogP contribution in [0.5, 0.6) is 0 Å². The molecule has 4 heteroatoms. The number of benzene rings is 1. The Labute approximate surface area is 130 Å². The Morgan fingerprint density at radius 1 is 1.43 bits per heavy atom. The maximum atomic E-state index is 13.2. The fraction of sp³-hybridized carbons (Fsp3) is 0.647. The maximum Gasteiger partial charge on any atom is 0.123 e. The summed E-state index contributed by atoms with van der Waals surface area (Å²) < 4.78 is 19.3. The number of thioether (sulfide) groups is 1. The number of hydrogen-bond acceptors (Lipinski definition) is 3. The number of ether oxygens (including phenoxy) is 1. The van der Waals surface area contributed by atoms with Crippen molar-refractivity contribution >= 4 is 11.8 Å². The zero-order valence-corrected chi connectivity index (χ0v) is 13.4. The molecule has 3 unspecified atom stereocenters. The van der Waals surface area contributed by atoms with E-state index in [1.807, 2.05) is 23.9 Å². The van der Waals surface area contributed by atoms with Crippen LogP contribution in [0, 0.1) is 11.7 Å². The molecule has 0 saturated carbocycles. The first-order valence-electron chi connectivity index (χ1n) is 7.93. The molecule has 2 aliphatic rings. The van der Waals surface area contributed by atoms with Gasteiger partial charge < -0.3 is 10.1 Å². The van der Waals surface area contributed by atoms with Crippen molar-refractivity contribution in [3.8, 4) is 0 Å². The summed E-state index contributed by atoms with van der Waals surface area (Å²) in [7, 11) is 0. The van der Waals surface area contributed by atoms with Gasteiger partial charge in [0.05, 0.1) is 5.60 Å². The van der Waals surface area contributed by atoms with Crippen molar-refractivity contribution in [1.29, 1.82) is 0 Å². The minimum Gasteiger partial charge on any atom is -0.374 e. The molecule has 2 nitrogen and oxygen atoms in total. The monoisotopic (exact) mass is 309 g/mol. The molecule has 2 aliphatic heterocycles. The number of hydrogen-bond donors (Lipinski definition) is 1. The van der Waals surface area contributed by atoms with Gasteiger partial charge in [0.2, 0.25) is 0 Å². The zero-order valence-electron chi connectivity index (χ0n) is 12.6. The summed E-state index contributed by atoms with van der Waals surface area (Å²) in [5.41, 5.74) is 1.30. The first-order chi connectivity index (χ1) is 10.2. The molecule has 0 aliphatic carbocycles. The summed E-state index contributed by atoms with van der Waals surface area (Å²) in [6.45, 7) is 3.92. The highest BCUT2D eigenvalue weighted by molar-refractivity contribution is 7.99. The van der Waals surface area contributed by atoms with E-state index in [0.29, 0.717) is 12.0 Å². The molecule has 0 radical (unpaired) electrons. The van der Waals surface area contributed by atoms with Gasteiger partial charge in [-0.1, -0.05) is 19.1 Å². The summed E-state index contributed by atoms with van der Waals surface area (Å²) in [6.07, 6.45) is 3.38. The van der Waals surface area contributed by atoms with Crippen molar-refractivity contribution in [2.75, 3.05) is 24.7 Å². The Hall–Kier alpha value is -0.580. The average molecular weight is 309 g/mol. The fourth-order valence-electron chi connectivity index (χ4n) is 3.66. The Kier molecular flexibility index (Phi) is 4.87. The normalized spacial score (nSPS) is 30.7. The standard InChI is InChI=1S/C17H24FNOS/c1-2-19-16(13-3-5-15(18)6-4-13)14-7-9-20-17(11-14)8-10-21-12-17/h3-6,14,16,19H,2,7-12H2,1H3. The minimum atomic E-state index is -0.162. The molecule has 1 aromatic rings. The van der Waals surface area contributed by atoms with Crippen molar-refractivity contribution in [1.82, 2.24) is 5.32 Å². The molecule has 0 amide bonds. The Morgan fingerprint density at radius 3 is 2.90 bits per heavy atom. The van der Waals surface area contributed by atoms with E-state index in [2.05, 4.69) is 12.2 Å². The molecule has 1 spiro atoms. The summed E-state index contributed by atoms with van der Waals surface area (Å²) in [5.74, 6) is 2.76. The average Bonchev–Trinajstić information content (AvgIpc) is 2.94. The lowest BCUT2D eigenvalue weighted by atomic mass is 9.79. The van der Waals surface area contributed by atoms with Gasteiger partial charge in [-0.05, 0) is 55.2 Å². The summed E-state index contributed by atoms with van der Waals surface area (Å²) >= 11 is 2.01. The third-order valence-corrected chi connectivity index (χ3v) is 5.95. The van der Waals surface area contributed by atoms with Crippen molar-refractivity contribution < 1.29 is 9.13 Å². The van der Waals surface area contributed by atoms with Crippen LogP contribution in [-0.4, -0.2) is 30.3 Å².